The number of amides is 1. The van der Waals surface area contributed by atoms with Gasteiger partial charge in [-0.1, -0.05) is 66.2 Å². The zero-order chi connectivity index (χ0) is 29.9. The van der Waals surface area contributed by atoms with Gasteiger partial charge in [0.25, 0.3) is 0 Å². The van der Waals surface area contributed by atoms with Crippen molar-refractivity contribution >= 4 is 40.8 Å². The maximum Gasteiger partial charge on any atom is 0.238 e. The number of Topliss-reactive ketones (excluding diaryl/α,β-unsaturated/α-hetero) is 2. The van der Waals surface area contributed by atoms with Crippen LogP contribution in [0.25, 0.3) is 6.08 Å². The first-order valence-corrected chi connectivity index (χ1v) is 14.8. The highest BCUT2D eigenvalue weighted by atomic mass is 35.5. The first-order chi connectivity index (χ1) is 20.8. The van der Waals surface area contributed by atoms with E-state index in [9.17, 15) is 14.4 Å². The number of para-hydroxylation sites is 1. The largest absolute Gasteiger partial charge is 0.491 e. The van der Waals surface area contributed by atoms with Crippen LogP contribution in [0.15, 0.2) is 103 Å². The summed E-state index contributed by atoms with van der Waals surface area (Å²) in [6.07, 6.45) is 3.77. The Morgan fingerprint density at radius 1 is 0.884 bits per heavy atom. The van der Waals surface area contributed by atoms with Crippen LogP contribution in [0.5, 0.6) is 5.75 Å². The standard InChI is InChI=1S/C36H29ClN2O4/c1-21(2)43-24-17-15-23(16-18-24)32(40)30-31(33(41)26-11-5-7-13-28(26)37)39-20-19-22-9-3-4-10-25(22)34(39)36(30)27-12-6-8-14-29(27)38-35(36)42/h3-21,30-31,34H,1-2H3,(H,38,42)/t30-,31+,34-,36-/m0/s1. The van der Waals surface area contributed by atoms with Gasteiger partial charge in [0.1, 0.15) is 17.2 Å². The minimum Gasteiger partial charge on any atom is -0.491 e. The van der Waals surface area contributed by atoms with Crippen LogP contribution in [0, 0.1) is 5.92 Å². The number of hydrogen-bond donors (Lipinski definition) is 1. The lowest BCUT2D eigenvalue weighted by Crippen LogP contribution is -2.49. The van der Waals surface area contributed by atoms with Crippen molar-refractivity contribution in [3.63, 3.8) is 0 Å². The Morgan fingerprint density at radius 2 is 1.58 bits per heavy atom. The number of fused-ring (bicyclic) bond motifs is 6. The summed E-state index contributed by atoms with van der Waals surface area (Å²) in [5, 5.41) is 3.37. The van der Waals surface area contributed by atoms with E-state index in [0.29, 0.717) is 33.1 Å². The molecule has 0 aliphatic carbocycles. The molecule has 1 fully saturated rings. The predicted octanol–water partition coefficient (Wildman–Crippen LogP) is 7.11. The molecule has 0 bridgehead atoms. The number of carbonyl (C=O) groups excluding carboxylic acids is 3. The fraction of sp³-hybridized carbons (Fsp3) is 0.194. The molecule has 0 unspecified atom stereocenters. The van der Waals surface area contributed by atoms with Gasteiger partial charge in [0.15, 0.2) is 11.6 Å². The fourth-order valence-corrected chi connectivity index (χ4v) is 7.37. The minimum absolute atomic E-state index is 0.0289. The lowest BCUT2D eigenvalue weighted by molar-refractivity contribution is -0.122. The smallest absolute Gasteiger partial charge is 0.238 e. The van der Waals surface area contributed by atoms with Crippen LogP contribution in [0.3, 0.4) is 0 Å². The molecule has 7 heteroatoms. The summed E-state index contributed by atoms with van der Waals surface area (Å²) in [6, 6.07) is 27.5. The number of carbonyl (C=O) groups is 3. The summed E-state index contributed by atoms with van der Waals surface area (Å²) in [5.41, 5.74) is 2.46. The van der Waals surface area contributed by atoms with Crippen LogP contribution in [0.1, 0.15) is 57.3 Å². The van der Waals surface area contributed by atoms with Crippen molar-refractivity contribution in [2.24, 2.45) is 5.92 Å². The summed E-state index contributed by atoms with van der Waals surface area (Å²) < 4.78 is 5.82. The number of nitrogens with one attached hydrogen (secondary N) is 1. The molecule has 43 heavy (non-hydrogen) atoms. The van der Waals surface area contributed by atoms with E-state index in [1.807, 2.05) is 79.6 Å². The number of anilines is 1. The molecule has 4 atom stereocenters. The molecule has 0 aromatic heterocycles. The van der Waals surface area contributed by atoms with Crippen molar-refractivity contribution < 1.29 is 19.1 Å². The quantitative estimate of drug-likeness (QED) is 0.243. The molecular formula is C36H29ClN2O4. The first-order valence-electron chi connectivity index (χ1n) is 14.4. The SMILES string of the molecule is CC(C)Oc1ccc(C(=O)[C@@H]2[C@H](C(=O)c3ccccc3Cl)N3C=Cc4ccccc4[C@H]3[C@@]23C(=O)Nc2ccccc23)cc1. The number of ether oxygens (including phenoxy) is 1. The van der Waals surface area contributed by atoms with Crippen molar-refractivity contribution in [1.82, 2.24) is 4.90 Å². The van der Waals surface area contributed by atoms with E-state index in [0.717, 1.165) is 11.1 Å². The van der Waals surface area contributed by atoms with Crippen molar-refractivity contribution in [1.29, 1.82) is 0 Å². The van der Waals surface area contributed by atoms with E-state index >= 15 is 0 Å². The Bertz CT molecular complexity index is 1810. The summed E-state index contributed by atoms with van der Waals surface area (Å²) >= 11 is 6.58. The van der Waals surface area contributed by atoms with Crippen molar-refractivity contribution in [3.05, 3.63) is 136 Å². The molecule has 0 radical (unpaired) electrons. The van der Waals surface area contributed by atoms with E-state index < -0.39 is 23.4 Å². The minimum atomic E-state index is -1.40. The second-order valence-corrected chi connectivity index (χ2v) is 11.9. The van der Waals surface area contributed by atoms with Gasteiger partial charge in [-0.3, -0.25) is 14.4 Å². The first kappa shape index (κ1) is 27.2. The Morgan fingerprint density at radius 3 is 2.35 bits per heavy atom. The van der Waals surface area contributed by atoms with E-state index in [-0.39, 0.29) is 23.6 Å². The number of ketones is 2. The van der Waals surface area contributed by atoms with Crippen LogP contribution in [0.2, 0.25) is 5.02 Å². The lowest BCUT2D eigenvalue weighted by atomic mass is 9.62. The van der Waals surface area contributed by atoms with Gasteiger partial charge in [0.05, 0.1) is 23.1 Å². The molecular weight excluding hydrogens is 560 g/mol. The third-order valence-electron chi connectivity index (χ3n) is 8.77. The summed E-state index contributed by atoms with van der Waals surface area (Å²) in [4.78, 5) is 46.0. The summed E-state index contributed by atoms with van der Waals surface area (Å²) in [5.74, 6) is -1.35. The number of nitrogens with zero attached hydrogens (tertiary/aromatic N) is 1. The van der Waals surface area contributed by atoms with Gasteiger partial charge >= 0.3 is 0 Å². The molecule has 3 heterocycles. The van der Waals surface area contributed by atoms with Gasteiger partial charge < -0.3 is 15.0 Å². The predicted molar refractivity (Wildman–Crippen MR) is 166 cm³/mol. The summed E-state index contributed by atoms with van der Waals surface area (Å²) in [6.45, 7) is 3.87. The van der Waals surface area contributed by atoms with Gasteiger partial charge in [-0.15, -0.1) is 0 Å². The Balaban J connectivity index is 1.49. The maximum atomic E-state index is 14.9. The van der Waals surface area contributed by atoms with Crippen LogP contribution in [-0.2, 0) is 10.2 Å². The molecule has 0 saturated carbocycles. The molecule has 1 saturated heterocycles. The Kier molecular flexibility index (Phi) is 6.47. The van der Waals surface area contributed by atoms with Crippen LogP contribution in [0.4, 0.5) is 5.69 Å². The second-order valence-electron chi connectivity index (χ2n) is 11.5. The van der Waals surface area contributed by atoms with Gasteiger partial charge in [-0.2, -0.15) is 0 Å². The number of rotatable bonds is 6. The highest BCUT2D eigenvalue weighted by molar-refractivity contribution is 6.34. The zero-order valence-corrected chi connectivity index (χ0v) is 24.4. The summed E-state index contributed by atoms with van der Waals surface area (Å²) in [7, 11) is 0. The number of halogens is 1. The Hall–Kier alpha value is -4.68. The van der Waals surface area contributed by atoms with E-state index in [1.54, 1.807) is 48.5 Å². The van der Waals surface area contributed by atoms with Crippen LogP contribution in [-0.4, -0.2) is 34.5 Å². The van der Waals surface area contributed by atoms with Gasteiger partial charge in [0, 0.05) is 23.0 Å². The van der Waals surface area contributed by atoms with Crippen LogP contribution >= 0.6 is 11.6 Å². The normalized spacial score (nSPS) is 23.1. The van der Waals surface area contributed by atoms with Crippen LogP contribution < -0.4 is 10.1 Å². The second kappa shape index (κ2) is 10.2. The van der Waals surface area contributed by atoms with E-state index in [2.05, 4.69) is 5.32 Å². The highest BCUT2D eigenvalue weighted by Gasteiger charge is 2.70. The third-order valence-corrected chi connectivity index (χ3v) is 9.10. The van der Waals surface area contributed by atoms with Crippen molar-refractivity contribution in [2.75, 3.05) is 5.32 Å². The molecule has 6 nitrogen and oxygen atoms in total. The average Bonchev–Trinajstić information content (AvgIpc) is 3.49. The van der Waals surface area contributed by atoms with E-state index in [4.69, 9.17) is 16.3 Å². The average molecular weight is 589 g/mol. The molecule has 3 aliphatic rings. The molecule has 4 aromatic carbocycles. The zero-order valence-electron chi connectivity index (χ0n) is 23.7. The highest BCUT2D eigenvalue weighted by Crippen LogP contribution is 2.62. The molecule has 1 N–H and O–H groups in total. The molecule has 214 valence electrons. The molecule has 4 aromatic rings. The van der Waals surface area contributed by atoms with Gasteiger partial charge in [-0.05, 0) is 79.1 Å². The van der Waals surface area contributed by atoms with Crippen molar-refractivity contribution in [3.8, 4) is 5.75 Å². The van der Waals surface area contributed by atoms with Gasteiger partial charge in [-0.25, -0.2) is 0 Å². The third kappa shape index (κ3) is 4.04. The van der Waals surface area contributed by atoms with Crippen molar-refractivity contribution in [2.45, 2.75) is 37.5 Å². The molecule has 3 aliphatic heterocycles. The maximum absolute atomic E-state index is 14.9. The fourth-order valence-electron chi connectivity index (χ4n) is 7.14. The number of benzene rings is 4. The lowest BCUT2D eigenvalue weighted by Gasteiger charge is -2.38. The molecule has 1 spiro atoms. The Labute approximate surface area is 254 Å². The number of hydrogen-bond acceptors (Lipinski definition) is 5. The molecule has 7 rings (SSSR count). The van der Waals surface area contributed by atoms with E-state index in [1.165, 1.54) is 0 Å². The topological polar surface area (TPSA) is 75.7 Å². The monoisotopic (exact) mass is 588 g/mol. The van der Waals surface area contributed by atoms with Gasteiger partial charge in [0.2, 0.25) is 5.91 Å². The molecule has 1 amide bonds.